The van der Waals surface area contributed by atoms with Crippen LogP contribution >= 0.6 is 0 Å². The topological polar surface area (TPSA) is 82.4 Å². The van der Waals surface area contributed by atoms with E-state index in [1.807, 2.05) is 6.07 Å². The van der Waals surface area contributed by atoms with Crippen LogP contribution < -0.4 is 0 Å². The van der Waals surface area contributed by atoms with Gasteiger partial charge in [-0.05, 0) is 42.0 Å². The minimum absolute atomic E-state index is 0.00737. The van der Waals surface area contributed by atoms with Crippen molar-refractivity contribution in [2.45, 2.75) is 26.3 Å². The van der Waals surface area contributed by atoms with Crippen LogP contribution in [0, 0.1) is 0 Å². The monoisotopic (exact) mass is 529 g/mol. The largest absolute Gasteiger partial charge is 0.465 e. The van der Waals surface area contributed by atoms with Crippen LogP contribution in [0.1, 0.15) is 15.9 Å². The van der Waals surface area contributed by atoms with Crippen LogP contribution in [-0.4, -0.2) is 30.3 Å². The first-order valence-corrected chi connectivity index (χ1v) is 14.1. The third-order valence-corrected chi connectivity index (χ3v) is 9.53. The van der Waals surface area contributed by atoms with Gasteiger partial charge in [-0.15, -0.1) is 0 Å². The summed E-state index contributed by atoms with van der Waals surface area (Å²) in [7, 11) is -4.60. The molecule has 0 saturated heterocycles. The van der Waals surface area contributed by atoms with E-state index in [2.05, 4.69) is 0 Å². The van der Waals surface area contributed by atoms with Crippen molar-refractivity contribution >= 4 is 37.5 Å². The van der Waals surface area contributed by atoms with E-state index in [0.29, 0.717) is 26.9 Å². The second kappa shape index (κ2) is 10.2. The average molecular weight is 530 g/mol. The minimum Gasteiger partial charge on any atom is -0.465 e. The molecule has 0 fully saturated rings. The van der Waals surface area contributed by atoms with Gasteiger partial charge in [-0.25, -0.2) is 17.4 Å². The molecule has 6 nitrogen and oxygen atoms in total. The molecule has 1 atom stereocenters. The van der Waals surface area contributed by atoms with Crippen LogP contribution in [-0.2, 0) is 31.9 Å². The molecule has 5 rings (SSSR count). The SMILES string of the molecule is COC(=O)c1ccccc1Cn1c(S(=O)c2ccccc2)c(S(=O)(=O)c2ccccc2)c2ccccc21. The molecule has 8 heteroatoms. The van der Waals surface area contributed by atoms with Crippen LogP contribution in [0.3, 0.4) is 0 Å². The van der Waals surface area contributed by atoms with Crippen molar-refractivity contribution in [3.05, 3.63) is 120 Å². The standard InChI is InChI=1S/C29H23NO5S2/c1-35-29(31)24-17-9-8-12-21(24)20-30-26-19-11-10-18-25(26)27(37(33,34)23-15-6-3-7-16-23)28(30)36(32)22-13-4-2-5-14-22/h2-19H,20H2,1H3. The number of para-hydroxylation sites is 1. The lowest BCUT2D eigenvalue weighted by atomic mass is 10.1. The zero-order chi connectivity index (χ0) is 26.0. The van der Waals surface area contributed by atoms with Gasteiger partial charge in [-0.2, -0.15) is 0 Å². The molecule has 1 aromatic heterocycles. The summed E-state index contributed by atoms with van der Waals surface area (Å²) in [4.78, 5) is 13.1. The third kappa shape index (κ3) is 4.50. The molecule has 0 bridgehead atoms. The van der Waals surface area contributed by atoms with Crippen molar-refractivity contribution in [1.82, 2.24) is 4.57 Å². The molecule has 4 aromatic carbocycles. The minimum atomic E-state index is -4.06. The second-order valence-electron chi connectivity index (χ2n) is 8.28. The predicted octanol–water partition coefficient (Wildman–Crippen LogP) is 5.48. The van der Waals surface area contributed by atoms with Crippen molar-refractivity contribution in [3.63, 3.8) is 0 Å². The van der Waals surface area contributed by atoms with Crippen LogP contribution in [0.2, 0.25) is 0 Å². The van der Waals surface area contributed by atoms with Gasteiger partial charge in [0.2, 0.25) is 9.84 Å². The summed E-state index contributed by atoms with van der Waals surface area (Å²) < 4.78 is 49.0. The first kappa shape index (κ1) is 24.7. The highest BCUT2D eigenvalue weighted by atomic mass is 32.2. The number of esters is 1. The van der Waals surface area contributed by atoms with Gasteiger partial charge >= 0.3 is 5.97 Å². The van der Waals surface area contributed by atoms with Crippen molar-refractivity contribution in [3.8, 4) is 0 Å². The molecule has 1 heterocycles. The number of carbonyl (C=O) groups is 1. The molecule has 0 amide bonds. The van der Waals surface area contributed by atoms with Crippen LogP contribution in [0.25, 0.3) is 10.9 Å². The Morgan fingerprint density at radius 3 is 2.11 bits per heavy atom. The molecule has 5 aromatic rings. The van der Waals surface area contributed by atoms with Crippen molar-refractivity contribution in [1.29, 1.82) is 0 Å². The van der Waals surface area contributed by atoms with E-state index in [4.69, 9.17) is 4.74 Å². The fourth-order valence-corrected chi connectivity index (χ4v) is 7.74. The molecule has 0 aliphatic heterocycles. The van der Waals surface area contributed by atoms with Crippen LogP contribution in [0.5, 0.6) is 0 Å². The van der Waals surface area contributed by atoms with E-state index < -0.39 is 26.6 Å². The Balaban J connectivity index is 1.84. The van der Waals surface area contributed by atoms with E-state index in [9.17, 15) is 17.4 Å². The van der Waals surface area contributed by atoms with Gasteiger partial charge in [0.05, 0.1) is 23.1 Å². The Bertz CT molecular complexity index is 1730. The maximum absolute atomic E-state index is 14.1. The van der Waals surface area contributed by atoms with E-state index >= 15 is 0 Å². The molecule has 0 radical (unpaired) electrons. The molecular formula is C29H23NO5S2. The first-order valence-electron chi connectivity index (χ1n) is 11.5. The van der Waals surface area contributed by atoms with E-state index in [1.54, 1.807) is 95.6 Å². The van der Waals surface area contributed by atoms with Gasteiger partial charge in [-0.1, -0.05) is 72.8 Å². The van der Waals surface area contributed by atoms with Gasteiger partial charge in [0.15, 0.2) is 0 Å². The lowest BCUT2D eigenvalue weighted by molar-refractivity contribution is 0.0599. The van der Waals surface area contributed by atoms with Crippen molar-refractivity contribution in [2.75, 3.05) is 7.11 Å². The molecule has 0 aliphatic carbocycles. The fourth-order valence-electron chi connectivity index (χ4n) is 4.36. The summed E-state index contributed by atoms with van der Waals surface area (Å²) in [5.74, 6) is -0.505. The Morgan fingerprint density at radius 2 is 1.41 bits per heavy atom. The quantitative estimate of drug-likeness (QED) is 0.261. The number of fused-ring (bicyclic) bond motifs is 1. The number of carbonyl (C=O) groups excluding carboxylic acids is 1. The molecule has 0 aliphatic rings. The maximum atomic E-state index is 14.1. The number of sulfone groups is 1. The van der Waals surface area contributed by atoms with Crippen molar-refractivity contribution in [2.24, 2.45) is 0 Å². The number of aromatic nitrogens is 1. The first-order chi connectivity index (χ1) is 17.9. The Hall–Kier alpha value is -4.01. The summed E-state index contributed by atoms with van der Waals surface area (Å²) >= 11 is 0. The number of methoxy groups -OCH3 is 1. The summed E-state index contributed by atoms with van der Waals surface area (Å²) in [5.41, 5.74) is 1.56. The molecule has 0 saturated carbocycles. The summed E-state index contributed by atoms with van der Waals surface area (Å²) in [5, 5.41) is 0.608. The Labute approximate surface area is 217 Å². The number of rotatable bonds is 7. The second-order valence-corrected chi connectivity index (χ2v) is 11.6. The average Bonchev–Trinajstić information content (AvgIpc) is 3.28. The number of ether oxygens (including phenoxy) is 1. The Morgan fingerprint density at radius 1 is 0.811 bits per heavy atom. The third-order valence-electron chi connectivity index (χ3n) is 6.09. The normalized spacial score (nSPS) is 12.4. The number of hydrogen-bond acceptors (Lipinski definition) is 5. The smallest absolute Gasteiger partial charge is 0.338 e. The number of hydrogen-bond donors (Lipinski definition) is 0. The van der Waals surface area contributed by atoms with Gasteiger partial charge in [0.1, 0.15) is 20.7 Å². The van der Waals surface area contributed by atoms with Crippen LogP contribution in [0.4, 0.5) is 0 Å². The molecule has 0 N–H and O–H groups in total. The molecule has 0 spiro atoms. The van der Waals surface area contributed by atoms with E-state index in [1.165, 1.54) is 19.2 Å². The summed E-state index contributed by atoms with van der Waals surface area (Å²) in [6.07, 6.45) is 0. The van der Waals surface area contributed by atoms with Gasteiger partial charge in [0, 0.05) is 16.8 Å². The molecule has 37 heavy (non-hydrogen) atoms. The maximum Gasteiger partial charge on any atom is 0.338 e. The molecular weight excluding hydrogens is 506 g/mol. The molecule has 1 unspecified atom stereocenters. The zero-order valence-corrected chi connectivity index (χ0v) is 21.5. The van der Waals surface area contributed by atoms with Crippen molar-refractivity contribution < 1.29 is 22.2 Å². The number of nitrogens with zero attached hydrogens (tertiary/aromatic N) is 1. The van der Waals surface area contributed by atoms with Gasteiger partial charge in [0.25, 0.3) is 0 Å². The number of benzene rings is 4. The summed E-state index contributed by atoms with van der Waals surface area (Å²) in [6.45, 7) is 0.115. The highest BCUT2D eigenvalue weighted by Gasteiger charge is 2.32. The predicted molar refractivity (Wildman–Crippen MR) is 142 cm³/mol. The van der Waals surface area contributed by atoms with E-state index in [-0.39, 0.29) is 21.4 Å². The van der Waals surface area contributed by atoms with Crippen LogP contribution in [0.15, 0.2) is 129 Å². The van der Waals surface area contributed by atoms with Gasteiger partial charge in [-0.3, -0.25) is 0 Å². The lowest BCUT2D eigenvalue weighted by Crippen LogP contribution is -2.13. The lowest BCUT2D eigenvalue weighted by Gasteiger charge is -2.14. The van der Waals surface area contributed by atoms with E-state index in [0.717, 1.165) is 0 Å². The van der Waals surface area contributed by atoms with Gasteiger partial charge < -0.3 is 9.30 Å². The molecule has 186 valence electrons. The summed E-state index contributed by atoms with van der Waals surface area (Å²) in [6, 6.07) is 30.9. The fraction of sp³-hybridized carbons (Fsp3) is 0.0690. The zero-order valence-electron chi connectivity index (χ0n) is 19.9. The highest BCUT2D eigenvalue weighted by molar-refractivity contribution is 7.93. The Kier molecular flexibility index (Phi) is 6.78. The highest BCUT2D eigenvalue weighted by Crippen LogP contribution is 2.38.